The summed E-state index contributed by atoms with van der Waals surface area (Å²) in [6, 6.07) is 11.6. The number of likely N-dealkylation sites (N-methyl/N-ethyl adjacent to an activating group) is 1. The summed E-state index contributed by atoms with van der Waals surface area (Å²) in [6.07, 6.45) is 2.48. The minimum absolute atomic E-state index is 0. The number of carbonyl (C=O) groups excluding carboxylic acids is 1. The molecule has 0 aliphatic rings. The monoisotopic (exact) mass is 499 g/mol. The van der Waals surface area contributed by atoms with Crippen LogP contribution in [0.1, 0.15) is 27.7 Å². The summed E-state index contributed by atoms with van der Waals surface area (Å²) in [6.45, 7) is 1.39. The molecule has 1 amide bonds. The van der Waals surface area contributed by atoms with Gasteiger partial charge in [-0.05, 0) is 50.3 Å². The predicted octanol–water partition coefficient (Wildman–Crippen LogP) is 2.27. The van der Waals surface area contributed by atoms with E-state index >= 15 is 0 Å². The van der Waals surface area contributed by atoms with Gasteiger partial charge in [0.05, 0.1) is 12.3 Å². The van der Waals surface area contributed by atoms with Gasteiger partial charge in [-0.25, -0.2) is 0 Å². The molecule has 1 heterocycles. The predicted molar refractivity (Wildman–Crippen MR) is 123 cm³/mol. The number of hydrogen-bond acceptors (Lipinski definition) is 4. The van der Waals surface area contributed by atoms with E-state index in [-0.39, 0.29) is 35.9 Å². The number of amides is 1. The van der Waals surface area contributed by atoms with Gasteiger partial charge in [0.2, 0.25) is 0 Å². The van der Waals surface area contributed by atoms with E-state index in [1.807, 2.05) is 50.5 Å². The molecule has 2 rings (SSSR count). The Kier molecular flexibility index (Phi) is 10.6. The molecule has 0 saturated heterocycles. The number of nitrogens with one attached hydrogen (secondary N) is 3. The fraction of sp³-hybridized carbons (Fsp3) is 0.400. The van der Waals surface area contributed by atoms with Crippen molar-refractivity contribution in [3.8, 4) is 0 Å². The number of guanidine groups is 1. The van der Waals surface area contributed by atoms with Gasteiger partial charge in [-0.15, -0.1) is 24.0 Å². The Morgan fingerprint density at radius 3 is 2.61 bits per heavy atom. The molecule has 8 heteroatoms. The average Bonchev–Trinajstić information content (AvgIpc) is 3.20. The molecular weight excluding hydrogens is 469 g/mol. The molecule has 0 spiro atoms. The molecule has 0 fully saturated rings. The van der Waals surface area contributed by atoms with Crippen LogP contribution in [0.15, 0.2) is 52.1 Å². The molecule has 0 aliphatic heterocycles. The molecule has 0 bridgehead atoms. The van der Waals surface area contributed by atoms with Crippen LogP contribution in [0.5, 0.6) is 0 Å². The minimum atomic E-state index is -0.0741. The van der Waals surface area contributed by atoms with Crippen molar-refractivity contribution in [3.63, 3.8) is 0 Å². The van der Waals surface area contributed by atoms with Crippen molar-refractivity contribution in [3.05, 3.63) is 59.5 Å². The Bertz CT molecular complexity index is 747. The van der Waals surface area contributed by atoms with E-state index in [2.05, 4.69) is 25.8 Å². The molecule has 1 aromatic heterocycles. The third-order valence-electron chi connectivity index (χ3n) is 4.30. The second-order valence-corrected chi connectivity index (χ2v) is 6.40. The van der Waals surface area contributed by atoms with Crippen LogP contribution in [-0.4, -0.2) is 58.0 Å². The van der Waals surface area contributed by atoms with Gasteiger partial charge in [-0.1, -0.05) is 12.1 Å². The van der Waals surface area contributed by atoms with Crippen molar-refractivity contribution in [1.82, 2.24) is 20.9 Å². The second kappa shape index (κ2) is 12.4. The highest BCUT2D eigenvalue weighted by Gasteiger charge is 2.17. The average molecular weight is 499 g/mol. The molecule has 154 valence electrons. The fourth-order valence-electron chi connectivity index (χ4n) is 2.77. The maximum absolute atomic E-state index is 11.7. The van der Waals surface area contributed by atoms with Crippen LogP contribution in [0.4, 0.5) is 0 Å². The number of rotatable bonds is 8. The molecule has 1 aromatic carbocycles. The number of aliphatic imine (C=N–C) groups is 1. The van der Waals surface area contributed by atoms with E-state index in [1.165, 1.54) is 0 Å². The van der Waals surface area contributed by atoms with Crippen LogP contribution in [0.3, 0.4) is 0 Å². The molecule has 0 aliphatic carbocycles. The largest absolute Gasteiger partial charge is 0.468 e. The molecule has 1 atom stereocenters. The van der Waals surface area contributed by atoms with E-state index in [0.29, 0.717) is 18.7 Å². The van der Waals surface area contributed by atoms with E-state index in [9.17, 15) is 4.79 Å². The summed E-state index contributed by atoms with van der Waals surface area (Å²) < 4.78 is 5.53. The summed E-state index contributed by atoms with van der Waals surface area (Å²) >= 11 is 0. The van der Waals surface area contributed by atoms with Crippen molar-refractivity contribution >= 4 is 35.8 Å². The number of carbonyl (C=O) groups is 1. The molecule has 0 radical (unpaired) electrons. The van der Waals surface area contributed by atoms with E-state index in [0.717, 1.165) is 23.7 Å². The zero-order valence-electron chi connectivity index (χ0n) is 16.9. The zero-order chi connectivity index (χ0) is 19.6. The third kappa shape index (κ3) is 7.16. The SMILES string of the molecule is CN=C(NCCc1cccc(C(=O)NC)c1)NCC(c1ccco1)N(C)C.I. The van der Waals surface area contributed by atoms with Gasteiger partial charge in [0.15, 0.2) is 5.96 Å². The van der Waals surface area contributed by atoms with Gasteiger partial charge in [0.25, 0.3) is 5.91 Å². The van der Waals surface area contributed by atoms with Crippen LogP contribution in [0, 0.1) is 0 Å². The number of benzene rings is 1. The van der Waals surface area contributed by atoms with E-state index < -0.39 is 0 Å². The number of hydrogen-bond donors (Lipinski definition) is 3. The summed E-state index contributed by atoms with van der Waals surface area (Å²) in [5.74, 6) is 1.57. The van der Waals surface area contributed by atoms with Gasteiger partial charge in [-0.2, -0.15) is 0 Å². The first-order chi connectivity index (χ1) is 13.0. The van der Waals surface area contributed by atoms with Gasteiger partial charge < -0.3 is 20.4 Å². The Labute approximate surface area is 184 Å². The molecule has 3 N–H and O–H groups in total. The smallest absolute Gasteiger partial charge is 0.251 e. The van der Waals surface area contributed by atoms with Crippen molar-refractivity contribution in [2.24, 2.45) is 4.99 Å². The Morgan fingerprint density at radius 1 is 1.21 bits per heavy atom. The van der Waals surface area contributed by atoms with Crippen molar-refractivity contribution in [2.75, 3.05) is 41.3 Å². The summed E-state index contributed by atoms with van der Waals surface area (Å²) in [5, 5.41) is 9.29. The topological polar surface area (TPSA) is 81.9 Å². The second-order valence-electron chi connectivity index (χ2n) is 6.40. The summed E-state index contributed by atoms with van der Waals surface area (Å²) in [7, 11) is 7.42. The Morgan fingerprint density at radius 2 is 2.00 bits per heavy atom. The van der Waals surface area contributed by atoms with Crippen molar-refractivity contribution < 1.29 is 9.21 Å². The van der Waals surface area contributed by atoms with Crippen LogP contribution in [-0.2, 0) is 6.42 Å². The van der Waals surface area contributed by atoms with Crippen molar-refractivity contribution in [2.45, 2.75) is 12.5 Å². The zero-order valence-corrected chi connectivity index (χ0v) is 19.2. The fourth-order valence-corrected chi connectivity index (χ4v) is 2.77. The maximum atomic E-state index is 11.7. The lowest BCUT2D eigenvalue weighted by Gasteiger charge is -2.23. The first kappa shape index (κ1) is 24.0. The first-order valence-corrected chi connectivity index (χ1v) is 9.00. The van der Waals surface area contributed by atoms with E-state index in [1.54, 1.807) is 20.4 Å². The molecular formula is C20H30IN5O2. The van der Waals surface area contributed by atoms with Crippen molar-refractivity contribution in [1.29, 1.82) is 0 Å². The summed E-state index contributed by atoms with van der Waals surface area (Å²) in [5.41, 5.74) is 1.77. The van der Waals surface area contributed by atoms with Crippen LogP contribution in [0.25, 0.3) is 0 Å². The lowest BCUT2D eigenvalue weighted by molar-refractivity contribution is 0.0963. The summed E-state index contributed by atoms with van der Waals surface area (Å²) in [4.78, 5) is 18.1. The van der Waals surface area contributed by atoms with Crippen LogP contribution >= 0.6 is 24.0 Å². The lowest BCUT2D eigenvalue weighted by atomic mass is 10.1. The molecule has 2 aromatic rings. The highest BCUT2D eigenvalue weighted by molar-refractivity contribution is 14.0. The molecule has 7 nitrogen and oxygen atoms in total. The maximum Gasteiger partial charge on any atom is 0.251 e. The number of nitrogens with zero attached hydrogens (tertiary/aromatic N) is 2. The Balaban J connectivity index is 0.00000392. The van der Waals surface area contributed by atoms with Gasteiger partial charge in [0, 0.05) is 32.7 Å². The normalized spacial score (nSPS) is 12.2. The number of halogens is 1. The highest BCUT2D eigenvalue weighted by Crippen LogP contribution is 2.17. The van der Waals surface area contributed by atoms with Gasteiger partial charge >= 0.3 is 0 Å². The third-order valence-corrected chi connectivity index (χ3v) is 4.30. The standard InChI is InChI=1S/C20H29N5O2.HI/c1-21-19(26)16-8-5-7-15(13-16)10-11-23-20(22-2)24-14-17(25(3)4)18-9-6-12-27-18;/h5-9,12-13,17H,10-11,14H2,1-4H3,(H,21,26)(H2,22,23,24);1H. The molecule has 1 unspecified atom stereocenters. The van der Waals surface area contributed by atoms with E-state index in [4.69, 9.17) is 4.42 Å². The lowest BCUT2D eigenvalue weighted by Crippen LogP contribution is -2.42. The first-order valence-electron chi connectivity index (χ1n) is 9.00. The number of furan rings is 1. The van der Waals surface area contributed by atoms with Gasteiger partial charge in [0.1, 0.15) is 5.76 Å². The molecule has 28 heavy (non-hydrogen) atoms. The minimum Gasteiger partial charge on any atom is -0.468 e. The van der Waals surface area contributed by atoms with Gasteiger partial charge in [-0.3, -0.25) is 14.7 Å². The Hall–Kier alpha value is -2.07. The van der Waals surface area contributed by atoms with Crippen LogP contribution < -0.4 is 16.0 Å². The van der Waals surface area contributed by atoms with Crippen LogP contribution in [0.2, 0.25) is 0 Å². The highest BCUT2D eigenvalue weighted by atomic mass is 127. The quantitative estimate of drug-likeness (QED) is 0.295. The molecule has 0 saturated carbocycles.